The van der Waals surface area contributed by atoms with Gasteiger partial charge in [-0.2, -0.15) is 0 Å². The lowest BCUT2D eigenvalue weighted by molar-refractivity contribution is 0.0677. The summed E-state index contributed by atoms with van der Waals surface area (Å²) in [7, 11) is 0. The lowest BCUT2D eigenvalue weighted by Crippen LogP contribution is -2.40. The van der Waals surface area contributed by atoms with Crippen molar-refractivity contribution >= 4 is 11.6 Å². The minimum atomic E-state index is 0.0625. The Morgan fingerprint density at radius 3 is 2.88 bits per heavy atom. The molecule has 3 aromatic rings. The minimum absolute atomic E-state index is 0.0625. The van der Waals surface area contributed by atoms with Gasteiger partial charge in [0.05, 0.1) is 11.6 Å². The Bertz CT molecular complexity index is 896. The molecule has 7 nitrogen and oxygen atoms in total. The number of pyridine rings is 1. The summed E-state index contributed by atoms with van der Waals surface area (Å²) < 4.78 is 4.03. The predicted octanol–water partition coefficient (Wildman–Crippen LogP) is 2.02. The highest BCUT2D eigenvalue weighted by atomic mass is 16.2. The fraction of sp³-hybridized carbons (Fsp3) is 0.412. The number of fused-ring (bicyclic) bond motifs is 1. The molecule has 24 heavy (non-hydrogen) atoms. The molecule has 0 unspecified atom stereocenters. The van der Waals surface area contributed by atoms with E-state index in [0.717, 1.165) is 43.2 Å². The second kappa shape index (κ2) is 5.74. The Labute approximate surface area is 139 Å². The highest BCUT2D eigenvalue weighted by molar-refractivity contribution is 5.94. The van der Waals surface area contributed by atoms with Crippen molar-refractivity contribution in [3.8, 4) is 0 Å². The van der Waals surface area contributed by atoms with E-state index in [1.807, 2.05) is 53.9 Å². The number of amides is 1. The van der Waals surface area contributed by atoms with Gasteiger partial charge in [0.2, 0.25) is 0 Å². The number of carbonyl (C=O) groups is 1. The summed E-state index contributed by atoms with van der Waals surface area (Å²) in [5, 5.41) is 8.11. The standard InChI is InChI=1S/C17H20N6O/c1-12-18-7-9-22(12)15-4-3-8-21(11-15)17(24)14-5-6-16-20-19-13(2)23(16)10-14/h5-7,9-10,15H,3-4,8,11H2,1-2H3/t15-/m0/s1. The fourth-order valence-electron chi connectivity index (χ4n) is 3.45. The van der Waals surface area contributed by atoms with Crippen molar-refractivity contribution in [3.63, 3.8) is 0 Å². The molecule has 0 aliphatic carbocycles. The molecule has 4 rings (SSSR count). The van der Waals surface area contributed by atoms with E-state index in [2.05, 4.69) is 19.7 Å². The van der Waals surface area contributed by atoms with E-state index in [1.165, 1.54) is 0 Å². The molecule has 0 aromatic carbocycles. The minimum Gasteiger partial charge on any atom is -0.337 e. The summed E-state index contributed by atoms with van der Waals surface area (Å²) in [6.07, 6.45) is 7.73. The van der Waals surface area contributed by atoms with Crippen LogP contribution in [0.4, 0.5) is 0 Å². The lowest BCUT2D eigenvalue weighted by Gasteiger charge is -2.34. The molecule has 124 valence electrons. The Morgan fingerprint density at radius 1 is 1.21 bits per heavy atom. The number of likely N-dealkylation sites (tertiary alicyclic amines) is 1. The monoisotopic (exact) mass is 324 g/mol. The van der Waals surface area contributed by atoms with Crippen LogP contribution in [0.3, 0.4) is 0 Å². The summed E-state index contributed by atoms with van der Waals surface area (Å²) in [5.41, 5.74) is 1.43. The molecule has 1 aliphatic rings. The third kappa shape index (κ3) is 2.46. The highest BCUT2D eigenvalue weighted by Gasteiger charge is 2.26. The topological polar surface area (TPSA) is 68.3 Å². The largest absolute Gasteiger partial charge is 0.337 e. The molecule has 7 heteroatoms. The van der Waals surface area contributed by atoms with Crippen LogP contribution in [-0.2, 0) is 0 Å². The van der Waals surface area contributed by atoms with Crippen LogP contribution in [0.5, 0.6) is 0 Å². The van der Waals surface area contributed by atoms with Crippen molar-refractivity contribution in [1.29, 1.82) is 0 Å². The van der Waals surface area contributed by atoms with Gasteiger partial charge in [-0.15, -0.1) is 10.2 Å². The Hall–Kier alpha value is -2.70. The van der Waals surface area contributed by atoms with Crippen molar-refractivity contribution in [2.75, 3.05) is 13.1 Å². The summed E-state index contributed by atoms with van der Waals surface area (Å²) in [5.74, 6) is 1.84. The van der Waals surface area contributed by atoms with Crippen molar-refractivity contribution in [3.05, 3.63) is 47.9 Å². The van der Waals surface area contributed by atoms with E-state index in [4.69, 9.17) is 0 Å². The lowest BCUT2D eigenvalue weighted by atomic mass is 10.0. The zero-order valence-electron chi connectivity index (χ0n) is 13.9. The second-order valence-corrected chi connectivity index (χ2v) is 6.32. The van der Waals surface area contributed by atoms with Gasteiger partial charge >= 0.3 is 0 Å². The number of piperidine rings is 1. The van der Waals surface area contributed by atoms with Crippen LogP contribution in [0, 0.1) is 13.8 Å². The number of hydrogen-bond acceptors (Lipinski definition) is 4. The van der Waals surface area contributed by atoms with E-state index in [1.54, 1.807) is 0 Å². The normalized spacial score (nSPS) is 18.2. The highest BCUT2D eigenvalue weighted by Crippen LogP contribution is 2.24. The quantitative estimate of drug-likeness (QED) is 0.723. The number of rotatable bonds is 2. The average molecular weight is 324 g/mol. The summed E-state index contributed by atoms with van der Waals surface area (Å²) in [4.78, 5) is 19.2. The molecule has 0 N–H and O–H groups in total. The molecule has 0 spiro atoms. The summed E-state index contributed by atoms with van der Waals surface area (Å²) >= 11 is 0. The molecule has 3 aromatic heterocycles. The SMILES string of the molecule is Cc1nccn1[C@H]1CCCN(C(=O)c2ccc3nnc(C)n3c2)C1. The van der Waals surface area contributed by atoms with E-state index in [-0.39, 0.29) is 5.91 Å². The third-order valence-corrected chi connectivity index (χ3v) is 4.76. The second-order valence-electron chi connectivity index (χ2n) is 6.32. The van der Waals surface area contributed by atoms with Crippen molar-refractivity contribution in [2.45, 2.75) is 32.7 Å². The molecule has 1 saturated heterocycles. The molecule has 4 heterocycles. The number of carbonyl (C=O) groups excluding carboxylic acids is 1. The fourth-order valence-corrected chi connectivity index (χ4v) is 3.45. The first-order valence-electron chi connectivity index (χ1n) is 8.23. The molecule has 1 fully saturated rings. The zero-order valence-corrected chi connectivity index (χ0v) is 13.9. The van der Waals surface area contributed by atoms with Crippen molar-refractivity contribution < 1.29 is 4.79 Å². The van der Waals surface area contributed by atoms with Crippen LogP contribution in [0.15, 0.2) is 30.7 Å². The molecule has 1 aliphatic heterocycles. The number of aryl methyl sites for hydroxylation is 2. The summed E-state index contributed by atoms with van der Waals surface area (Å²) in [6.45, 7) is 5.40. The summed E-state index contributed by atoms with van der Waals surface area (Å²) in [6, 6.07) is 3.97. The van der Waals surface area contributed by atoms with Crippen LogP contribution in [-0.4, -0.2) is 48.0 Å². The smallest absolute Gasteiger partial charge is 0.255 e. The first-order valence-corrected chi connectivity index (χ1v) is 8.23. The van der Waals surface area contributed by atoms with Gasteiger partial charge in [-0.25, -0.2) is 4.98 Å². The first-order chi connectivity index (χ1) is 11.6. The molecular formula is C17H20N6O. The number of nitrogens with zero attached hydrogens (tertiary/aromatic N) is 6. The van der Waals surface area contributed by atoms with Crippen molar-refractivity contribution in [2.24, 2.45) is 0 Å². The first kappa shape index (κ1) is 14.9. The van der Waals surface area contributed by atoms with Crippen LogP contribution >= 0.6 is 0 Å². The number of aromatic nitrogens is 5. The van der Waals surface area contributed by atoms with Gasteiger partial charge in [0.15, 0.2) is 5.65 Å². The molecule has 1 amide bonds. The van der Waals surface area contributed by atoms with Crippen LogP contribution in [0.1, 0.15) is 40.9 Å². The van der Waals surface area contributed by atoms with Gasteiger partial charge < -0.3 is 9.47 Å². The van der Waals surface area contributed by atoms with E-state index >= 15 is 0 Å². The molecule has 0 bridgehead atoms. The van der Waals surface area contributed by atoms with E-state index < -0.39 is 0 Å². The molecule has 1 atom stereocenters. The van der Waals surface area contributed by atoms with Gasteiger partial charge in [-0.3, -0.25) is 9.20 Å². The van der Waals surface area contributed by atoms with Gasteiger partial charge in [0, 0.05) is 31.7 Å². The van der Waals surface area contributed by atoms with Crippen LogP contribution in [0.2, 0.25) is 0 Å². The van der Waals surface area contributed by atoms with Crippen molar-refractivity contribution in [1.82, 2.24) is 29.0 Å². The van der Waals surface area contributed by atoms with E-state index in [9.17, 15) is 4.79 Å². The van der Waals surface area contributed by atoms with Gasteiger partial charge in [0.1, 0.15) is 11.6 Å². The van der Waals surface area contributed by atoms with Crippen LogP contribution < -0.4 is 0 Å². The zero-order chi connectivity index (χ0) is 16.7. The average Bonchev–Trinajstić information content (AvgIpc) is 3.20. The molecular weight excluding hydrogens is 304 g/mol. The Balaban J connectivity index is 1.58. The maximum Gasteiger partial charge on any atom is 0.255 e. The Morgan fingerprint density at radius 2 is 2.08 bits per heavy atom. The van der Waals surface area contributed by atoms with Gasteiger partial charge in [0.25, 0.3) is 5.91 Å². The number of imidazole rings is 1. The molecule has 0 saturated carbocycles. The Kier molecular flexibility index (Phi) is 3.55. The molecule has 0 radical (unpaired) electrons. The maximum atomic E-state index is 12.9. The third-order valence-electron chi connectivity index (χ3n) is 4.76. The van der Waals surface area contributed by atoms with Gasteiger partial charge in [-0.1, -0.05) is 0 Å². The van der Waals surface area contributed by atoms with Crippen LogP contribution in [0.25, 0.3) is 5.65 Å². The van der Waals surface area contributed by atoms with E-state index in [0.29, 0.717) is 11.6 Å². The predicted molar refractivity (Wildman–Crippen MR) is 88.9 cm³/mol. The van der Waals surface area contributed by atoms with Gasteiger partial charge in [-0.05, 0) is 38.8 Å². The maximum absolute atomic E-state index is 12.9. The number of hydrogen-bond donors (Lipinski definition) is 0.